The second kappa shape index (κ2) is 6.47. The van der Waals surface area contributed by atoms with E-state index >= 15 is 0 Å². The number of nitrogens with zero attached hydrogens (tertiary/aromatic N) is 4. The second-order valence-corrected chi connectivity index (χ2v) is 4.40. The van der Waals surface area contributed by atoms with Crippen LogP contribution in [-0.4, -0.2) is 38.0 Å². The van der Waals surface area contributed by atoms with Crippen molar-refractivity contribution in [3.8, 4) is 0 Å². The van der Waals surface area contributed by atoms with Crippen molar-refractivity contribution >= 4 is 17.7 Å². The average Bonchev–Trinajstić information content (AvgIpc) is 2.64. The van der Waals surface area contributed by atoms with E-state index in [0.29, 0.717) is 11.8 Å². The van der Waals surface area contributed by atoms with Crippen molar-refractivity contribution in [3.05, 3.63) is 0 Å². The molecule has 0 aliphatic carbocycles. The number of aromatic nitrogens is 4. The zero-order valence-corrected chi connectivity index (χ0v) is 10.5. The van der Waals surface area contributed by atoms with Crippen LogP contribution in [0.4, 0.5) is 0 Å². The zero-order chi connectivity index (χ0) is 12.0. The number of hydrogen-bond donors (Lipinski definition) is 0. The van der Waals surface area contributed by atoms with Crippen LogP contribution in [0, 0.1) is 0 Å². The first-order valence-corrected chi connectivity index (χ1v) is 6.12. The molecule has 0 bridgehead atoms. The fourth-order valence-corrected chi connectivity index (χ4v) is 2.22. The summed E-state index contributed by atoms with van der Waals surface area (Å²) < 4.78 is 6.56. The number of carbonyl (C=O) groups excluding carboxylic acids is 1. The van der Waals surface area contributed by atoms with E-state index in [0.717, 1.165) is 12.8 Å². The summed E-state index contributed by atoms with van der Waals surface area (Å²) in [6, 6.07) is 0. The molecule has 16 heavy (non-hydrogen) atoms. The van der Waals surface area contributed by atoms with Crippen LogP contribution in [0.5, 0.6) is 0 Å². The van der Waals surface area contributed by atoms with Crippen LogP contribution in [-0.2, 0) is 16.6 Å². The molecule has 1 heterocycles. The molecule has 0 N–H and O–H groups in total. The minimum atomic E-state index is -0.227. The van der Waals surface area contributed by atoms with Crippen LogP contribution in [0.15, 0.2) is 5.16 Å². The molecule has 1 aromatic rings. The number of aryl methyl sites for hydroxylation is 1. The maximum absolute atomic E-state index is 11.6. The Balaban J connectivity index is 2.64. The van der Waals surface area contributed by atoms with E-state index in [-0.39, 0.29) is 11.2 Å². The Bertz CT molecular complexity index is 342. The topological polar surface area (TPSA) is 69.9 Å². The Labute approximate surface area is 98.7 Å². The summed E-state index contributed by atoms with van der Waals surface area (Å²) in [6.45, 7) is 4.23. The van der Waals surface area contributed by atoms with Crippen molar-refractivity contribution in [1.29, 1.82) is 0 Å². The smallest absolute Gasteiger partial charge is 0.319 e. The first-order chi connectivity index (χ1) is 7.69. The van der Waals surface area contributed by atoms with Gasteiger partial charge < -0.3 is 4.74 Å². The summed E-state index contributed by atoms with van der Waals surface area (Å²) in [6.07, 6.45) is 1.68. The van der Waals surface area contributed by atoms with Gasteiger partial charge >= 0.3 is 5.97 Å². The van der Waals surface area contributed by atoms with Gasteiger partial charge in [-0.25, -0.2) is 4.68 Å². The van der Waals surface area contributed by atoms with Crippen LogP contribution in [0.3, 0.4) is 0 Å². The van der Waals surface area contributed by atoms with Crippen LogP contribution < -0.4 is 0 Å². The fraction of sp³-hybridized carbons (Fsp3) is 0.778. The third-order valence-corrected chi connectivity index (χ3v) is 3.20. The quantitative estimate of drug-likeness (QED) is 0.550. The lowest BCUT2D eigenvalue weighted by Gasteiger charge is -2.12. The maximum Gasteiger partial charge on any atom is 0.319 e. The fourth-order valence-electron chi connectivity index (χ4n) is 1.17. The van der Waals surface area contributed by atoms with Crippen LogP contribution in [0.25, 0.3) is 0 Å². The SMILES string of the molecule is CCCC(Sc1nnnn1C)C(=O)OCC. The summed E-state index contributed by atoms with van der Waals surface area (Å²) in [4.78, 5) is 11.6. The molecule has 6 nitrogen and oxygen atoms in total. The van der Waals surface area contributed by atoms with E-state index in [4.69, 9.17) is 4.74 Å². The molecule has 0 amide bonds. The Morgan fingerprint density at radius 2 is 2.31 bits per heavy atom. The number of hydrogen-bond acceptors (Lipinski definition) is 6. The van der Waals surface area contributed by atoms with Crippen molar-refractivity contribution in [2.24, 2.45) is 7.05 Å². The molecule has 0 spiro atoms. The third kappa shape index (κ3) is 3.48. The van der Waals surface area contributed by atoms with Gasteiger partial charge in [-0.2, -0.15) is 0 Å². The highest BCUT2D eigenvalue weighted by molar-refractivity contribution is 8.00. The molecule has 0 aliphatic rings. The molecule has 0 aromatic carbocycles. The number of ether oxygens (including phenoxy) is 1. The Morgan fingerprint density at radius 1 is 1.56 bits per heavy atom. The summed E-state index contributed by atoms with van der Waals surface area (Å²) in [5.74, 6) is -0.197. The number of tetrazole rings is 1. The highest BCUT2D eigenvalue weighted by Crippen LogP contribution is 2.24. The molecule has 0 aliphatic heterocycles. The van der Waals surface area contributed by atoms with Crippen LogP contribution in [0.1, 0.15) is 26.7 Å². The largest absolute Gasteiger partial charge is 0.465 e. The molecular weight excluding hydrogens is 228 g/mol. The van der Waals surface area contributed by atoms with Gasteiger partial charge in [-0.15, -0.1) is 5.10 Å². The highest BCUT2D eigenvalue weighted by atomic mass is 32.2. The molecule has 1 atom stereocenters. The van der Waals surface area contributed by atoms with Gasteiger partial charge in [-0.3, -0.25) is 4.79 Å². The third-order valence-electron chi connectivity index (χ3n) is 1.93. The minimum absolute atomic E-state index is 0.197. The molecule has 0 fully saturated rings. The first kappa shape index (κ1) is 13.0. The lowest BCUT2D eigenvalue weighted by molar-refractivity contribution is -0.142. The number of thioether (sulfide) groups is 1. The van der Waals surface area contributed by atoms with Crippen LogP contribution in [0.2, 0.25) is 0 Å². The van der Waals surface area contributed by atoms with Gasteiger partial charge in [-0.05, 0) is 23.8 Å². The van der Waals surface area contributed by atoms with Crippen molar-refractivity contribution in [3.63, 3.8) is 0 Å². The Hall–Kier alpha value is -1.11. The maximum atomic E-state index is 11.6. The molecule has 1 unspecified atom stereocenters. The number of carbonyl (C=O) groups is 1. The predicted octanol–water partition coefficient (Wildman–Crippen LogP) is 1.03. The summed E-state index contributed by atoms with van der Waals surface area (Å²) in [5, 5.41) is 11.5. The Morgan fingerprint density at radius 3 is 2.81 bits per heavy atom. The van der Waals surface area contributed by atoms with Gasteiger partial charge in [0.05, 0.1) is 6.61 Å². The number of rotatable bonds is 6. The molecular formula is C9H16N4O2S. The summed E-state index contributed by atoms with van der Waals surface area (Å²) >= 11 is 1.35. The molecule has 1 rings (SSSR count). The minimum Gasteiger partial charge on any atom is -0.465 e. The van der Waals surface area contributed by atoms with Gasteiger partial charge in [0.2, 0.25) is 5.16 Å². The summed E-state index contributed by atoms with van der Waals surface area (Å²) in [7, 11) is 1.75. The average molecular weight is 244 g/mol. The molecule has 0 radical (unpaired) electrons. The standard InChI is InChI=1S/C9H16N4O2S/c1-4-6-7(8(14)15-5-2)16-9-10-11-12-13(9)3/h7H,4-6H2,1-3H3. The van der Waals surface area contributed by atoms with Crippen molar-refractivity contribution in [2.75, 3.05) is 6.61 Å². The van der Waals surface area contributed by atoms with E-state index in [2.05, 4.69) is 15.5 Å². The molecule has 0 saturated carbocycles. The van der Waals surface area contributed by atoms with Gasteiger partial charge in [0.25, 0.3) is 0 Å². The van der Waals surface area contributed by atoms with Gasteiger partial charge in [-0.1, -0.05) is 25.1 Å². The van der Waals surface area contributed by atoms with E-state index in [1.165, 1.54) is 11.8 Å². The van der Waals surface area contributed by atoms with Gasteiger partial charge in [0.1, 0.15) is 5.25 Å². The van der Waals surface area contributed by atoms with E-state index in [9.17, 15) is 4.79 Å². The number of esters is 1. The molecule has 1 aromatic heterocycles. The normalized spacial score (nSPS) is 12.4. The Kier molecular flexibility index (Phi) is 5.24. The first-order valence-electron chi connectivity index (χ1n) is 5.24. The molecule has 0 saturated heterocycles. The lowest BCUT2D eigenvalue weighted by Crippen LogP contribution is -2.20. The predicted molar refractivity (Wildman–Crippen MR) is 60.0 cm³/mol. The monoisotopic (exact) mass is 244 g/mol. The van der Waals surface area contributed by atoms with Crippen molar-refractivity contribution in [1.82, 2.24) is 20.2 Å². The second-order valence-electron chi connectivity index (χ2n) is 3.23. The lowest BCUT2D eigenvalue weighted by atomic mass is 10.2. The highest BCUT2D eigenvalue weighted by Gasteiger charge is 2.22. The van der Waals surface area contributed by atoms with Crippen LogP contribution >= 0.6 is 11.8 Å². The molecule has 7 heteroatoms. The van der Waals surface area contributed by atoms with Crippen molar-refractivity contribution < 1.29 is 9.53 Å². The summed E-state index contributed by atoms with van der Waals surface area (Å²) in [5.41, 5.74) is 0. The van der Waals surface area contributed by atoms with E-state index < -0.39 is 0 Å². The van der Waals surface area contributed by atoms with E-state index in [1.54, 1.807) is 18.7 Å². The van der Waals surface area contributed by atoms with Gasteiger partial charge in [0.15, 0.2) is 0 Å². The molecule has 90 valence electrons. The van der Waals surface area contributed by atoms with Crippen molar-refractivity contribution in [2.45, 2.75) is 37.1 Å². The zero-order valence-electron chi connectivity index (χ0n) is 9.71. The van der Waals surface area contributed by atoms with Gasteiger partial charge in [0, 0.05) is 7.05 Å². The van der Waals surface area contributed by atoms with E-state index in [1.807, 2.05) is 6.92 Å².